The van der Waals surface area contributed by atoms with Crippen molar-refractivity contribution in [1.29, 1.82) is 0 Å². The predicted octanol–water partition coefficient (Wildman–Crippen LogP) is 3.80. The van der Waals surface area contributed by atoms with Gasteiger partial charge in [-0.25, -0.2) is 4.90 Å². The molecule has 0 radical (unpaired) electrons. The van der Waals surface area contributed by atoms with E-state index in [1.165, 1.54) is 4.90 Å². The molecule has 150 valence electrons. The zero-order chi connectivity index (χ0) is 20.6. The molecule has 1 saturated heterocycles. The fraction of sp³-hybridized carbons (Fsp3) is 0.320. The molecule has 0 aromatic heterocycles. The van der Waals surface area contributed by atoms with Gasteiger partial charge in [-0.2, -0.15) is 0 Å². The molecule has 5 nitrogen and oxygen atoms in total. The molecule has 30 heavy (non-hydrogen) atoms. The van der Waals surface area contributed by atoms with E-state index in [4.69, 9.17) is 0 Å². The molecule has 3 fully saturated rings. The van der Waals surface area contributed by atoms with Crippen molar-refractivity contribution in [3.8, 4) is 0 Å². The Morgan fingerprint density at radius 2 is 1.60 bits per heavy atom. The van der Waals surface area contributed by atoms with Gasteiger partial charge >= 0.3 is 0 Å². The molecule has 4 aliphatic carbocycles. The monoisotopic (exact) mass is 398 g/mol. The number of anilines is 2. The highest BCUT2D eigenvalue weighted by atomic mass is 16.2. The molecule has 1 aliphatic heterocycles. The van der Waals surface area contributed by atoms with E-state index in [0.717, 1.165) is 12.0 Å². The summed E-state index contributed by atoms with van der Waals surface area (Å²) in [6, 6.07) is 14.4. The van der Waals surface area contributed by atoms with Crippen LogP contribution in [0.25, 0.3) is 0 Å². The Morgan fingerprint density at radius 1 is 0.933 bits per heavy atom. The van der Waals surface area contributed by atoms with Crippen LogP contribution < -0.4 is 10.2 Å². The number of carbonyl (C=O) groups is 3. The molecule has 5 heteroatoms. The second-order valence-electron chi connectivity index (χ2n) is 9.04. The molecule has 1 heterocycles. The highest BCUT2D eigenvalue weighted by Crippen LogP contribution is 2.65. The molecule has 0 spiro atoms. The van der Waals surface area contributed by atoms with Crippen molar-refractivity contribution < 1.29 is 14.4 Å². The maximum absolute atomic E-state index is 13.3. The molecule has 5 aliphatic rings. The number of amides is 3. The molecule has 1 N–H and O–H groups in total. The first kappa shape index (κ1) is 17.6. The maximum Gasteiger partial charge on any atom is 0.255 e. The smallest absolute Gasteiger partial charge is 0.255 e. The zero-order valence-electron chi connectivity index (χ0n) is 16.6. The lowest BCUT2D eigenvalue weighted by Crippen LogP contribution is -2.40. The topological polar surface area (TPSA) is 66.5 Å². The van der Waals surface area contributed by atoms with E-state index in [0.29, 0.717) is 28.8 Å². The van der Waals surface area contributed by atoms with Crippen molar-refractivity contribution in [2.45, 2.75) is 13.3 Å². The highest BCUT2D eigenvalue weighted by Gasteiger charge is 2.67. The average Bonchev–Trinajstić information content (AvgIpc) is 3.52. The van der Waals surface area contributed by atoms with Crippen LogP contribution in [-0.4, -0.2) is 17.7 Å². The first-order valence-corrected chi connectivity index (χ1v) is 10.6. The van der Waals surface area contributed by atoms with E-state index < -0.39 is 0 Å². The van der Waals surface area contributed by atoms with Gasteiger partial charge in [0, 0.05) is 11.3 Å². The van der Waals surface area contributed by atoms with Gasteiger partial charge in [0.05, 0.1) is 17.5 Å². The second kappa shape index (κ2) is 6.14. The zero-order valence-corrected chi connectivity index (χ0v) is 16.6. The highest BCUT2D eigenvalue weighted by molar-refractivity contribution is 6.23. The Labute approximate surface area is 174 Å². The third-order valence-corrected chi connectivity index (χ3v) is 7.31. The number of rotatable bonds is 3. The molecule has 2 saturated carbocycles. The Bertz CT molecular complexity index is 1100. The molecular weight excluding hydrogens is 376 g/mol. The van der Waals surface area contributed by atoms with Crippen LogP contribution in [0.1, 0.15) is 22.3 Å². The summed E-state index contributed by atoms with van der Waals surface area (Å²) in [4.78, 5) is 40.7. The van der Waals surface area contributed by atoms with Crippen LogP contribution in [0.5, 0.6) is 0 Å². The van der Waals surface area contributed by atoms with Gasteiger partial charge < -0.3 is 5.32 Å². The number of carbonyl (C=O) groups excluding carboxylic acids is 3. The van der Waals surface area contributed by atoms with Gasteiger partial charge in [-0.05, 0) is 72.9 Å². The Kier molecular flexibility index (Phi) is 3.61. The van der Waals surface area contributed by atoms with Crippen molar-refractivity contribution in [3.05, 3.63) is 71.8 Å². The summed E-state index contributed by atoms with van der Waals surface area (Å²) in [6.07, 6.45) is 5.48. The number of imide groups is 1. The van der Waals surface area contributed by atoms with Crippen molar-refractivity contribution >= 4 is 29.1 Å². The third kappa shape index (κ3) is 2.44. The lowest BCUT2D eigenvalue weighted by atomic mass is 9.63. The minimum Gasteiger partial charge on any atom is -0.322 e. The summed E-state index contributed by atoms with van der Waals surface area (Å²) in [5, 5.41) is 2.89. The molecular formula is C25H22N2O3. The van der Waals surface area contributed by atoms with Crippen molar-refractivity contribution in [1.82, 2.24) is 0 Å². The molecule has 0 unspecified atom stereocenters. The minimum atomic E-state index is -0.262. The lowest BCUT2D eigenvalue weighted by Gasteiger charge is -2.37. The van der Waals surface area contributed by atoms with Gasteiger partial charge in [-0.3, -0.25) is 14.4 Å². The fourth-order valence-electron chi connectivity index (χ4n) is 5.92. The van der Waals surface area contributed by atoms with Gasteiger partial charge in [0.1, 0.15) is 0 Å². The van der Waals surface area contributed by atoms with Crippen LogP contribution in [0, 0.1) is 42.4 Å². The molecule has 2 aromatic rings. The van der Waals surface area contributed by atoms with Crippen LogP contribution in [-0.2, 0) is 9.59 Å². The lowest BCUT2D eigenvalue weighted by molar-refractivity contribution is -0.124. The number of hydrogen-bond donors (Lipinski definition) is 1. The third-order valence-electron chi connectivity index (χ3n) is 7.31. The Hall–Kier alpha value is -3.21. The molecule has 6 atom stereocenters. The number of nitrogens with zero attached hydrogens (tertiary/aromatic N) is 1. The number of hydrogen-bond acceptors (Lipinski definition) is 3. The Balaban J connectivity index is 1.29. The summed E-state index contributed by atoms with van der Waals surface area (Å²) < 4.78 is 0. The van der Waals surface area contributed by atoms with Crippen molar-refractivity contribution in [3.63, 3.8) is 0 Å². The molecule has 2 bridgehead atoms. The van der Waals surface area contributed by atoms with Gasteiger partial charge in [-0.1, -0.05) is 30.4 Å². The largest absolute Gasteiger partial charge is 0.322 e. The standard InChI is InChI=1S/C25H22N2O3/c1-13-4-2-6-15(10-13)26-23(28)14-5-3-7-16(11-14)27-24(29)21-17-8-9-18(20-12-19(17)20)22(21)25(27)30/h2-11,17-22H,12H2,1H3,(H,26,28)/t17-,18-,19-,20+,21+,22+/m0/s1. The van der Waals surface area contributed by atoms with Crippen LogP contribution in [0.4, 0.5) is 11.4 Å². The number of allylic oxidation sites excluding steroid dienone is 2. The van der Waals surface area contributed by atoms with Gasteiger partial charge in [-0.15, -0.1) is 0 Å². The number of nitrogens with one attached hydrogen (secondary N) is 1. The summed E-state index contributed by atoms with van der Waals surface area (Å²) in [7, 11) is 0. The average molecular weight is 398 g/mol. The van der Waals surface area contributed by atoms with Crippen LogP contribution in [0.15, 0.2) is 60.7 Å². The van der Waals surface area contributed by atoms with Crippen LogP contribution >= 0.6 is 0 Å². The van der Waals surface area contributed by atoms with E-state index in [9.17, 15) is 14.4 Å². The van der Waals surface area contributed by atoms with E-state index >= 15 is 0 Å². The van der Waals surface area contributed by atoms with Gasteiger partial charge in [0.25, 0.3) is 5.91 Å². The Morgan fingerprint density at radius 3 is 2.27 bits per heavy atom. The van der Waals surface area contributed by atoms with Crippen LogP contribution in [0.3, 0.4) is 0 Å². The minimum absolute atomic E-state index is 0.106. The van der Waals surface area contributed by atoms with E-state index in [-0.39, 0.29) is 41.4 Å². The fourth-order valence-corrected chi connectivity index (χ4v) is 5.92. The van der Waals surface area contributed by atoms with E-state index in [1.807, 2.05) is 31.2 Å². The van der Waals surface area contributed by atoms with Crippen molar-refractivity contribution in [2.75, 3.05) is 10.2 Å². The first-order valence-electron chi connectivity index (χ1n) is 10.6. The second-order valence-corrected chi connectivity index (χ2v) is 9.04. The summed E-state index contributed by atoms with van der Waals surface area (Å²) >= 11 is 0. The SMILES string of the molecule is Cc1cccc(NC(=O)c2cccc(N3C(=O)[C@@H]4[C@H]5C=C[C@@H]([C@@H]6C[C@H]56)[C@H]4C3=O)c2)c1. The van der Waals surface area contributed by atoms with Crippen LogP contribution in [0.2, 0.25) is 0 Å². The molecule has 3 amide bonds. The normalized spacial score (nSPS) is 32.8. The van der Waals surface area contributed by atoms with Crippen molar-refractivity contribution in [2.24, 2.45) is 35.5 Å². The predicted molar refractivity (Wildman–Crippen MR) is 113 cm³/mol. The first-order chi connectivity index (χ1) is 14.5. The maximum atomic E-state index is 13.3. The summed E-state index contributed by atoms with van der Waals surface area (Å²) in [5.41, 5.74) is 2.68. The quantitative estimate of drug-likeness (QED) is 0.632. The summed E-state index contributed by atoms with van der Waals surface area (Å²) in [5.74, 6) is 0.591. The number of aryl methyl sites for hydroxylation is 1. The molecule has 7 rings (SSSR count). The summed E-state index contributed by atoms with van der Waals surface area (Å²) in [6.45, 7) is 1.96. The van der Waals surface area contributed by atoms with E-state index in [2.05, 4.69) is 17.5 Å². The van der Waals surface area contributed by atoms with Gasteiger partial charge in [0.15, 0.2) is 0 Å². The molecule has 2 aromatic carbocycles. The van der Waals surface area contributed by atoms with E-state index in [1.54, 1.807) is 24.3 Å². The van der Waals surface area contributed by atoms with Gasteiger partial charge in [0.2, 0.25) is 11.8 Å². The number of benzene rings is 2.